The molecule has 6 rings (SSSR count). The fraction of sp³-hybridized carbons (Fsp3) is 0.185. The summed E-state index contributed by atoms with van der Waals surface area (Å²) in [5.74, 6) is 3.12. The van der Waals surface area contributed by atoms with Crippen LogP contribution in [-0.2, 0) is 6.54 Å². The lowest BCUT2D eigenvalue weighted by Gasteiger charge is -2.13. The fourth-order valence-electron chi connectivity index (χ4n) is 4.25. The number of nitrogens with one attached hydrogen (secondary N) is 1. The second-order valence-corrected chi connectivity index (χ2v) is 8.29. The second kappa shape index (κ2) is 9.53. The minimum Gasteiger partial charge on any atom is -0.491 e. The first-order valence-corrected chi connectivity index (χ1v) is 11.7. The topological polar surface area (TPSA) is 96.2 Å². The van der Waals surface area contributed by atoms with Gasteiger partial charge in [-0.25, -0.2) is 9.97 Å². The summed E-state index contributed by atoms with van der Waals surface area (Å²) in [7, 11) is 1.59. The number of methoxy groups -OCH3 is 1. The molecule has 9 nitrogen and oxygen atoms in total. The third-order valence-electron chi connectivity index (χ3n) is 5.96. The summed E-state index contributed by atoms with van der Waals surface area (Å²) in [5.41, 5.74) is 3.51. The Kier molecular flexibility index (Phi) is 5.79. The maximum atomic E-state index is 6.04. The van der Waals surface area contributed by atoms with Gasteiger partial charge in [0, 0.05) is 35.5 Å². The van der Waals surface area contributed by atoms with Gasteiger partial charge in [0.25, 0.3) is 0 Å². The number of ether oxygens (including phenoxy) is 3. The van der Waals surface area contributed by atoms with Crippen molar-refractivity contribution in [2.75, 3.05) is 25.6 Å². The molecule has 0 aliphatic carbocycles. The molecule has 180 valence electrons. The minimum absolute atomic E-state index is 0.494. The van der Waals surface area contributed by atoms with Gasteiger partial charge in [-0.2, -0.15) is 5.10 Å². The molecule has 9 heteroatoms. The predicted octanol–water partition coefficient (Wildman–Crippen LogP) is 4.85. The van der Waals surface area contributed by atoms with Gasteiger partial charge in [-0.3, -0.25) is 9.67 Å². The Labute approximate surface area is 207 Å². The summed E-state index contributed by atoms with van der Waals surface area (Å²) in [5, 5.41) is 9.19. The highest BCUT2D eigenvalue weighted by Crippen LogP contribution is 2.35. The Morgan fingerprint density at radius 3 is 2.75 bits per heavy atom. The largest absolute Gasteiger partial charge is 0.491 e. The lowest BCUT2D eigenvalue weighted by atomic mass is 10.1. The summed E-state index contributed by atoms with van der Waals surface area (Å²) in [4.78, 5) is 13.4. The molecule has 36 heavy (non-hydrogen) atoms. The fourth-order valence-corrected chi connectivity index (χ4v) is 4.25. The van der Waals surface area contributed by atoms with Gasteiger partial charge in [-0.1, -0.05) is 30.3 Å². The standard InChI is InChI=1S/C27H24N6O3/c1-34-23-16-29-27(31-26(23)30-19-10-12-28-13-11-19)24-20-7-2-3-8-21(20)33(32-24)17-18-6-4-9-22-25(18)36-15-5-14-35-22/h2-4,6-13,16H,5,14-15,17H2,1H3,(H,28,29,30,31). The van der Waals surface area contributed by atoms with Crippen LogP contribution in [0.3, 0.4) is 0 Å². The van der Waals surface area contributed by atoms with Gasteiger partial charge < -0.3 is 19.5 Å². The Bertz CT molecular complexity index is 1520. The lowest BCUT2D eigenvalue weighted by molar-refractivity contribution is 0.296. The van der Waals surface area contributed by atoms with E-state index < -0.39 is 0 Å². The van der Waals surface area contributed by atoms with Gasteiger partial charge in [0.2, 0.25) is 0 Å². The van der Waals surface area contributed by atoms with Crippen molar-refractivity contribution in [3.63, 3.8) is 0 Å². The quantitative estimate of drug-likeness (QED) is 0.368. The number of fused-ring (bicyclic) bond motifs is 2. The number of hydrogen-bond acceptors (Lipinski definition) is 8. The summed E-state index contributed by atoms with van der Waals surface area (Å²) >= 11 is 0. The van der Waals surface area contributed by atoms with Crippen LogP contribution in [0.1, 0.15) is 12.0 Å². The number of hydrogen-bond donors (Lipinski definition) is 1. The Morgan fingerprint density at radius 1 is 1.00 bits per heavy atom. The molecule has 5 aromatic rings. The van der Waals surface area contributed by atoms with Gasteiger partial charge in [-0.05, 0) is 24.3 Å². The molecule has 0 amide bonds. The predicted molar refractivity (Wildman–Crippen MR) is 136 cm³/mol. The van der Waals surface area contributed by atoms with E-state index in [-0.39, 0.29) is 0 Å². The highest BCUT2D eigenvalue weighted by Gasteiger charge is 2.20. The van der Waals surface area contributed by atoms with E-state index in [1.54, 1.807) is 25.7 Å². The first-order chi connectivity index (χ1) is 17.8. The van der Waals surface area contributed by atoms with Crippen LogP contribution < -0.4 is 19.5 Å². The Balaban J connectivity index is 1.41. The van der Waals surface area contributed by atoms with Gasteiger partial charge in [0.1, 0.15) is 5.69 Å². The number of pyridine rings is 1. The van der Waals surface area contributed by atoms with E-state index in [2.05, 4.69) is 15.3 Å². The molecule has 2 aromatic carbocycles. The Morgan fingerprint density at radius 2 is 1.86 bits per heavy atom. The molecule has 0 atom stereocenters. The number of aromatic nitrogens is 5. The number of nitrogens with zero attached hydrogens (tertiary/aromatic N) is 5. The minimum atomic E-state index is 0.494. The van der Waals surface area contributed by atoms with Crippen LogP contribution in [-0.4, -0.2) is 45.1 Å². The molecule has 0 saturated heterocycles. The third kappa shape index (κ3) is 4.15. The average Bonchev–Trinajstić information content (AvgIpc) is 3.10. The summed E-state index contributed by atoms with van der Waals surface area (Å²) in [6.45, 7) is 1.79. The van der Waals surface area contributed by atoms with E-state index in [4.69, 9.17) is 24.3 Å². The van der Waals surface area contributed by atoms with Gasteiger partial charge >= 0.3 is 0 Å². The van der Waals surface area contributed by atoms with Crippen LogP contribution in [0.4, 0.5) is 11.5 Å². The average molecular weight is 481 g/mol. The molecular formula is C27H24N6O3. The van der Waals surface area contributed by atoms with Crippen molar-refractivity contribution in [3.8, 4) is 28.8 Å². The van der Waals surface area contributed by atoms with Crippen LogP contribution in [0.2, 0.25) is 0 Å². The number of anilines is 2. The molecule has 0 spiro atoms. The highest BCUT2D eigenvalue weighted by atomic mass is 16.5. The molecule has 0 unspecified atom stereocenters. The van der Waals surface area contributed by atoms with Crippen molar-refractivity contribution < 1.29 is 14.2 Å². The van der Waals surface area contributed by atoms with Crippen molar-refractivity contribution in [2.45, 2.75) is 13.0 Å². The number of benzene rings is 2. The van der Waals surface area contributed by atoms with Gasteiger partial charge in [0.05, 0.1) is 38.6 Å². The van der Waals surface area contributed by atoms with E-state index in [1.165, 1.54) is 0 Å². The van der Waals surface area contributed by atoms with Gasteiger partial charge in [-0.15, -0.1) is 0 Å². The molecule has 4 heterocycles. The second-order valence-electron chi connectivity index (χ2n) is 8.29. The zero-order valence-electron chi connectivity index (χ0n) is 19.7. The van der Waals surface area contributed by atoms with Crippen LogP contribution >= 0.6 is 0 Å². The summed E-state index contributed by atoms with van der Waals surface area (Å²) in [6.07, 6.45) is 5.94. The van der Waals surface area contributed by atoms with E-state index in [1.807, 2.05) is 59.3 Å². The van der Waals surface area contributed by atoms with Crippen molar-refractivity contribution >= 4 is 22.4 Å². The molecule has 1 N–H and O–H groups in total. The zero-order valence-corrected chi connectivity index (χ0v) is 19.7. The molecule has 3 aromatic heterocycles. The maximum Gasteiger partial charge on any atom is 0.183 e. The number of rotatable bonds is 6. The molecule has 1 aliphatic rings. The summed E-state index contributed by atoms with van der Waals surface area (Å²) in [6, 6.07) is 17.8. The molecular weight excluding hydrogens is 456 g/mol. The maximum absolute atomic E-state index is 6.04. The first-order valence-electron chi connectivity index (χ1n) is 11.7. The van der Waals surface area contributed by atoms with Crippen molar-refractivity contribution in [1.82, 2.24) is 24.7 Å². The highest BCUT2D eigenvalue weighted by molar-refractivity contribution is 5.92. The summed E-state index contributed by atoms with van der Waals surface area (Å²) < 4.78 is 19.4. The van der Waals surface area contributed by atoms with Crippen LogP contribution in [0.5, 0.6) is 17.2 Å². The van der Waals surface area contributed by atoms with E-state index >= 15 is 0 Å². The van der Waals surface area contributed by atoms with Crippen molar-refractivity contribution in [1.29, 1.82) is 0 Å². The number of para-hydroxylation sites is 2. The van der Waals surface area contributed by atoms with Crippen molar-refractivity contribution in [3.05, 3.63) is 78.8 Å². The monoisotopic (exact) mass is 480 g/mol. The zero-order chi connectivity index (χ0) is 24.3. The smallest absolute Gasteiger partial charge is 0.183 e. The molecule has 0 fully saturated rings. The van der Waals surface area contributed by atoms with E-state index in [0.717, 1.165) is 40.1 Å². The van der Waals surface area contributed by atoms with Crippen LogP contribution in [0, 0.1) is 0 Å². The van der Waals surface area contributed by atoms with Crippen molar-refractivity contribution in [2.24, 2.45) is 0 Å². The first kappa shape index (κ1) is 21.8. The third-order valence-corrected chi connectivity index (χ3v) is 5.96. The van der Waals surface area contributed by atoms with E-state index in [0.29, 0.717) is 42.8 Å². The van der Waals surface area contributed by atoms with E-state index in [9.17, 15) is 0 Å². The molecule has 0 radical (unpaired) electrons. The molecule has 0 saturated carbocycles. The Hall–Kier alpha value is -4.66. The lowest BCUT2D eigenvalue weighted by Crippen LogP contribution is -2.05. The van der Waals surface area contributed by atoms with Crippen LogP contribution in [0.25, 0.3) is 22.4 Å². The van der Waals surface area contributed by atoms with Crippen LogP contribution in [0.15, 0.2) is 73.2 Å². The SMILES string of the molecule is COc1cnc(-c2nn(Cc3cccc4c3OCCCO4)c3ccccc23)nc1Nc1ccncc1. The van der Waals surface area contributed by atoms with Gasteiger partial charge in [0.15, 0.2) is 28.9 Å². The normalized spacial score (nSPS) is 12.8. The molecule has 1 aliphatic heterocycles. The molecule has 0 bridgehead atoms.